The van der Waals surface area contributed by atoms with Gasteiger partial charge >= 0.3 is 17.9 Å². The zero-order valence-corrected chi connectivity index (χ0v) is 47.0. The van der Waals surface area contributed by atoms with Crippen molar-refractivity contribution in [3.05, 3.63) is 72.9 Å². The second-order valence-corrected chi connectivity index (χ2v) is 20.2. The lowest BCUT2D eigenvalue weighted by atomic mass is 10.0. The SMILES string of the molecule is CC/C=C\C/C=C\C/C=C\C/C=C\CCCCCCC(=O)OC(COC(=O)CCCCCCC/C=C\CCCCCC)COC(=O)CCCCCCCCCCCCC/C=C\CCCCCCCCCC. The van der Waals surface area contributed by atoms with Gasteiger partial charge in [-0.1, -0.05) is 248 Å². The van der Waals surface area contributed by atoms with Gasteiger partial charge in [-0.15, -0.1) is 0 Å². The van der Waals surface area contributed by atoms with Crippen LogP contribution >= 0.6 is 0 Å². The van der Waals surface area contributed by atoms with Crippen LogP contribution in [0.4, 0.5) is 0 Å². The monoisotopic (exact) mass is 991 g/mol. The Balaban J connectivity index is 4.34. The van der Waals surface area contributed by atoms with Crippen molar-refractivity contribution in [3.63, 3.8) is 0 Å². The predicted molar refractivity (Wildman–Crippen MR) is 307 cm³/mol. The number of esters is 3. The van der Waals surface area contributed by atoms with E-state index in [4.69, 9.17) is 14.2 Å². The van der Waals surface area contributed by atoms with E-state index < -0.39 is 6.10 Å². The summed E-state index contributed by atoms with van der Waals surface area (Å²) in [5, 5.41) is 0. The number of rotatable bonds is 55. The van der Waals surface area contributed by atoms with Crippen molar-refractivity contribution in [2.24, 2.45) is 0 Å². The number of ether oxygens (including phenoxy) is 3. The molecule has 0 aromatic heterocycles. The molecule has 0 fully saturated rings. The van der Waals surface area contributed by atoms with Crippen molar-refractivity contribution in [2.75, 3.05) is 13.2 Å². The Kier molecular flexibility index (Phi) is 56.8. The molecule has 6 nitrogen and oxygen atoms in total. The second kappa shape index (κ2) is 59.4. The highest BCUT2D eigenvalue weighted by Crippen LogP contribution is 2.16. The van der Waals surface area contributed by atoms with E-state index in [9.17, 15) is 14.4 Å². The predicted octanol–water partition coefficient (Wildman–Crippen LogP) is 20.5. The summed E-state index contributed by atoms with van der Waals surface area (Å²) in [7, 11) is 0. The molecule has 0 aromatic carbocycles. The van der Waals surface area contributed by atoms with Crippen LogP contribution in [0.3, 0.4) is 0 Å². The number of unbranched alkanes of at least 4 members (excludes halogenated alkanes) is 32. The Morgan fingerprint density at radius 1 is 0.296 bits per heavy atom. The van der Waals surface area contributed by atoms with E-state index in [1.807, 2.05) is 0 Å². The van der Waals surface area contributed by atoms with Crippen LogP contribution in [0.25, 0.3) is 0 Å². The van der Waals surface area contributed by atoms with Crippen LogP contribution in [0.5, 0.6) is 0 Å². The lowest BCUT2D eigenvalue weighted by Crippen LogP contribution is -2.30. The van der Waals surface area contributed by atoms with Crippen molar-refractivity contribution in [2.45, 2.75) is 309 Å². The lowest BCUT2D eigenvalue weighted by molar-refractivity contribution is -0.167. The molecule has 0 spiro atoms. The second-order valence-electron chi connectivity index (χ2n) is 20.2. The molecule has 0 heterocycles. The van der Waals surface area contributed by atoms with Gasteiger partial charge in [0.25, 0.3) is 0 Å². The van der Waals surface area contributed by atoms with E-state index in [0.717, 1.165) is 103 Å². The fourth-order valence-electron chi connectivity index (χ4n) is 8.60. The normalized spacial score (nSPS) is 12.5. The maximum absolute atomic E-state index is 12.9. The minimum absolute atomic E-state index is 0.0873. The fraction of sp³-hybridized carbons (Fsp3) is 0.769. The molecule has 0 radical (unpaired) electrons. The summed E-state index contributed by atoms with van der Waals surface area (Å²) in [6.45, 7) is 6.51. The van der Waals surface area contributed by atoms with Crippen molar-refractivity contribution in [3.8, 4) is 0 Å². The average Bonchev–Trinajstić information content (AvgIpc) is 3.37. The number of carbonyl (C=O) groups excluding carboxylic acids is 3. The molecule has 6 heteroatoms. The number of hydrogen-bond donors (Lipinski definition) is 0. The molecule has 1 unspecified atom stereocenters. The molecule has 71 heavy (non-hydrogen) atoms. The Labute approximate surface area is 440 Å². The minimum Gasteiger partial charge on any atom is -0.462 e. The Bertz CT molecular complexity index is 1320. The van der Waals surface area contributed by atoms with Crippen LogP contribution in [-0.4, -0.2) is 37.2 Å². The molecule has 0 aromatic rings. The number of carbonyl (C=O) groups is 3. The summed E-state index contributed by atoms with van der Waals surface area (Å²) in [6, 6.07) is 0. The Morgan fingerprint density at radius 2 is 0.549 bits per heavy atom. The highest BCUT2D eigenvalue weighted by atomic mass is 16.6. The zero-order valence-electron chi connectivity index (χ0n) is 47.0. The van der Waals surface area contributed by atoms with E-state index in [1.165, 1.54) is 161 Å². The van der Waals surface area contributed by atoms with Crippen LogP contribution < -0.4 is 0 Å². The van der Waals surface area contributed by atoms with Gasteiger partial charge in [-0.25, -0.2) is 0 Å². The van der Waals surface area contributed by atoms with Crippen molar-refractivity contribution < 1.29 is 28.6 Å². The summed E-state index contributed by atoms with van der Waals surface area (Å²) in [6.07, 6.45) is 76.2. The van der Waals surface area contributed by atoms with Crippen LogP contribution in [0.2, 0.25) is 0 Å². The van der Waals surface area contributed by atoms with E-state index in [-0.39, 0.29) is 31.1 Å². The van der Waals surface area contributed by atoms with E-state index in [0.29, 0.717) is 19.3 Å². The smallest absolute Gasteiger partial charge is 0.306 e. The van der Waals surface area contributed by atoms with E-state index in [1.54, 1.807) is 0 Å². The Hall–Kier alpha value is -3.15. The summed E-state index contributed by atoms with van der Waals surface area (Å²) in [4.78, 5) is 38.2. The molecule has 0 N–H and O–H groups in total. The first-order valence-electron chi connectivity index (χ1n) is 30.4. The topological polar surface area (TPSA) is 78.9 Å². The van der Waals surface area contributed by atoms with Gasteiger partial charge in [0.05, 0.1) is 0 Å². The first-order chi connectivity index (χ1) is 35.0. The largest absolute Gasteiger partial charge is 0.462 e. The van der Waals surface area contributed by atoms with Crippen LogP contribution in [0.1, 0.15) is 303 Å². The Morgan fingerprint density at radius 3 is 0.887 bits per heavy atom. The summed E-state index contributed by atoms with van der Waals surface area (Å²) in [5.74, 6) is -0.911. The highest BCUT2D eigenvalue weighted by Gasteiger charge is 2.19. The lowest BCUT2D eigenvalue weighted by Gasteiger charge is -2.18. The third-order valence-electron chi connectivity index (χ3n) is 13.2. The van der Waals surface area contributed by atoms with Gasteiger partial charge in [-0.05, 0) is 109 Å². The van der Waals surface area contributed by atoms with E-state index >= 15 is 0 Å². The summed E-state index contributed by atoms with van der Waals surface area (Å²) in [5.41, 5.74) is 0. The molecular formula is C65H114O6. The summed E-state index contributed by atoms with van der Waals surface area (Å²) < 4.78 is 16.9. The van der Waals surface area contributed by atoms with Crippen LogP contribution in [0, 0.1) is 0 Å². The van der Waals surface area contributed by atoms with Crippen LogP contribution in [-0.2, 0) is 28.6 Å². The molecule has 0 amide bonds. The van der Waals surface area contributed by atoms with Gasteiger partial charge < -0.3 is 14.2 Å². The zero-order chi connectivity index (χ0) is 51.4. The third kappa shape index (κ3) is 57.6. The molecule has 0 saturated heterocycles. The van der Waals surface area contributed by atoms with Crippen molar-refractivity contribution in [1.82, 2.24) is 0 Å². The molecule has 0 bridgehead atoms. The maximum atomic E-state index is 12.9. The molecule has 410 valence electrons. The molecule has 0 aliphatic rings. The highest BCUT2D eigenvalue weighted by molar-refractivity contribution is 5.71. The van der Waals surface area contributed by atoms with Crippen LogP contribution in [0.15, 0.2) is 72.9 Å². The molecule has 0 aliphatic heterocycles. The average molecular weight is 992 g/mol. The quantitative estimate of drug-likeness (QED) is 0.0261. The molecule has 0 saturated carbocycles. The van der Waals surface area contributed by atoms with Crippen molar-refractivity contribution >= 4 is 17.9 Å². The number of allylic oxidation sites excluding steroid dienone is 12. The molecule has 0 aliphatic carbocycles. The van der Waals surface area contributed by atoms with Gasteiger partial charge in [-0.3, -0.25) is 14.4 Å². The third-order valence-corrected chi connectivity index (χ3v) is 13.2. The first-order valence-corrected chi connectivity index (χ1v) is 30.4. The van der Waals surface area contributed by atoms with Gasteiger partial charge in [0.2, 0.25) is 0 Å². The van der Waals surface area contributed by atoms with E-state index in [2.05, 4.69) is 93.7 Å². The van der Waals surface area contributed by atoms with Gasteiger partial charge in [0.15, 0.2) is 6.10 Å². The van der Waals surface area contributed by atoms with Gasteiger partial charge in [-0.2, -0.15) is 0 Å². The first kappa shape index (κ1) is 67.8. The molecule has 0 rings (SSSR count). The standard InChI is InChI=1S/C65H114O6/c1-4-7-10-13-16-19-22-25-27-29-30-31-32-33-34-36-37-40-43-46-49-52-55-58-64(67)70-61-62(60-69-63(66)57-54-51-48-45-42-39-24-21-18-15-12-9-6-3)71-65(68)59-56-53-50-47-44-41-38-35-28-26-23-20-17-14-11-8-5-2/h8,11,17,20-21,24,26,28-30,38,41,62H,4-7,9-10,12-16,18-19,22-23,25,27,31-37,39-40,42-61H2,1-3H3/b11-8-,20-17-,24-21-,28-26-,30-29-,41-38-. The molecule has 1 atom stereocenters. The molecular weight excluding hydrogens is 877 g/mol. The summed E-state index contributed by atoms with van der Waals surface area (Å²) >= 11 is 0. The number of hydrogen-bond acceptors (Lipinski definition) is 6. The van der Waals surface area contributed by atoms with Gasteiger partial charge in [0.1, 0.15) is 13.2 Å². The van der Waals surface area contributed by atoms with Crippen molar-refractivity contribution in [1.29, 1.82) is 0 Å². The fourth-order valence-corrected chi connectivity index (χ4v) is 8.60. The van der Waals surface area contributed by atoms with Gasteiger partial charge in [0, 0.05) is 19.3 Å². The minimum atomic E-state index is -0.792. The maximum Gasteiger partial charge on any atom is 0.306 e.